The molecule has 0 bridgehead atoms. The molecule has 190 valence electrons. The molecule has 3 heterocycles. The molecule has 0 aliphatic carbocycles. The summed E-state index contributed by atoms with van der Waals surface area (Å²) < 4.78 is 18.1. The molecule has 1 N–H and O–H groups in total. The maximum atomic E-state index is 13.0. The monoisotopic (exact) mass is 492 g/mol. The summed E-state index contributed by atoms with van der Waals surface area (Å²) >= 11 is 0. The number of fused-ring (bicyclic) bond motifs is 2. The Balaban J connectivity index is 1.27. The summed E-state index contributed by atoms with van der Waals surface area (Å²) in [5.41, 5.74) is 2.02. The first kappa shape index (κ1) is 24.0. The van der Waals surface area contributed by atoms with E-state index in [0.717, 1.165) is 55.0 Å². The Morgan fingerprint density at radius 3 is 2.61 bits per heavy atom. The average Bonchev–Trinajstić information content (AvgIpc) is 3.39. The zero-order chi connectivity index (χ0) is 25.2. The van der Waals surface area contributed by atoms with Crippen molar-refractivity contribution in [3.8, 4) is 17.2 Å². The van der Waals surface area contributed by atoms with Crippen molar-refractivity contribution in [2.45, 2.75) is 25.4 Å². The molecule has 9 heteroatoms. The second-order valence-corrected chi connectivity index (χ2v) is 9.23. The van der Waals surface area contributed by atoms with Gasteiger partial charge >= 0.3 is 0 Å². The lowest BCUT2D eigenvalue weighted by molar-refractivity contribution is 0.0964. The van der Waals surface area contributed by atoms with Crippen LogP contribution in [-0.4, -0.2) is 69.0 Å². The summed E-state index contributed by atoms with van der Waals surface area (Å²) in [4.78, 5) is 30.1. The highest BCUT2D eigenvalue weighted by atomic mass is 16.7. The molecule has 2 aliphatic heterocycles. The van der Waals surface area contributed by atoms with E-state index in [1.807, 2.05) is 30.3 Å². The minimum atomic E-state index is -0.275. The second kappa shape index (κ2) is 10.1. The first-order valence-electron chi connectivity index (χ1n) is 12.3. The number of hydrogen-bond donors (Lipinski definition) is 1. The van der Waals surface area contributed by atoms with E-state index < -0.39 is 0 Å². The van der Waals surface area contributed by atoms with Crippen LogP contribution in [0.2, 0.25) is 0 Å². The molecule has 9 nitrogen and oxygen atoms in total. The third-order valence-corrected chi connectivity index (χ3v) is 7.30. The Hall–Kier alpha value is -3.72. The molecule has 1 fully saturated rings. The minimum absolute atomic E-state index is 0.188. The number of carbonyl (C=O) groups is 1. The van der Waals surface area contributed by atoms with Crippen molar-refractivity contribution in [1.82, 2.24) is 14.8 Å². The van der Waals surface area contributed by atoms with Crippen molar-refractivity contribution in [2.24, 2.45) is 0 Å². The SMILES string of the molecule is CNC(=O)c1cc(=O)n(CCN2CCC(N(C)c3ccc4c(c3)OCO4)CC2)c2cc(OC)ccc12. The summed E-state index contributed by atoms with van der Waals surface area (Å²) in [5.74, 6) is 1.97. The number of rotatable bonds is 7. The topological polar surface area (TPSA) is 85.3 Å². The van der Waals surface area contributed by atoms with Crippen LogP contribution in [0.5, 0.6) is 17.2 Å². The van der Waals surface area contributed by atoms with E-state index in [1.54, 1.807) is 18.7 Å². The molecule has 2 aliphatic rings. The fourth-order valence-corrected chi connectivity index (χ4v) is 5.13. The van der Waals surface area contributed by atoms with Crippen LogP contribution in [0.4, 0.5) is 5.69 Å². The zero-order valence-corrected chi connectivity index (χ0v) is 21.0. The smallest absolute Gasteiger partial charge is 0.251 e. The summed E-state index contributed by atoms with van der Waals surface area (Å²) in [7, 11) is 5.29. The predicted molar refractivity (Wildman–Crippen MR) is 139 cm³/mol. The number of pyridine rings is 1. The fourth-order valence-electron chi connectivity index (χ4n) is 5.13. The number of nitrogens with one attached hydrogen (secondary N) is 1. The van der Waals surface area contributed by atoms with Gasteiger partial charge in [0.1, 0.15) is 5.75 Å². The van der Waals surface area contributed by atoms with Gasteiger partial charge in [0.2, 0.25) is 6.79 Å². The first-order valence-corrected chi connectivity index (χ1v) is 12.3. The van der Waals surface area contributed by atoms with Crippen LogP contribution in [0.25, 0.3) is 10.9 Å². The van der Waals surface area contributed by atoms with Crippen molar-refractivity contribution < 1.29 is 19.0 Å². The number of ether oxygens (including phenoxy) is 3. The van der Waals surface area contributed by atoms with E-state index in [-0.39, 0.29) is 18.3 Å². The molecule has 1 aromatic heterocycles. The van der Waals surface area contributed by atoms with Gasteiger partial charge in [-0.1, -0.05) is 0 Å². The summed E-state index contributed by atoms with van der Waals surface area (Å²) in [5, 5.41) is 3.36. The molecular formula is C27H32N4O5. The lowest BCUT2D eigenvalue weighted by atomic mass is 10.0. The summed E-state index contributed by atoms with van der Waals surface area (Å²) in [6.45, 7) is 3.48. The molecule has 2 aromatic carbocycles. The van der Waals surface area contributed by atoms with Crippen LogP contribution in [-0.2, 0) is 6.54 Å². The standard InChI is InChI=1S/C27H32N4O5/c1-28-27(33)22-16-26(32)31(23-15-20(34-3)5-6-21(22)23)13-12-30-10-8-18(9-11-30)29(2)19-4-7-24-25(14-19)36-17-35-24/h4-7,14-16,18H,8-13,17H2,1-3H3,(H,28,33). The van der Waals surface area contributed by atoms with E-state index >= 15 is 0 Å². The molecular weight excluding hydrogens is 460 g/mol. The highest BCUT2D eigenvalue weighted by Gasteiger charge is 2.24. The van der Waals surface area contributed by atoms with Gasteiger partial charge in [0.15, 0.2) is 11.5 Å². The Kier molecular flexibility index (Phi) is 6.73. The molecule has 0 atom stereocenters. The summed E-state index contributed by atoms with van der Waals surface area (Å²) in [6, 6.07) is 13.4. The van der Waals surface area contributed by atoms with Crippen molar-refractivity contribution >= 4 is 22.5 Å². The maximum absolute atomic E-state index is 13.0. The second-order valence-electron chi connectivity index (χ2n) is 9.23. The van der Waals surface area contributed by atoms with Crippen LogP contribution < -0.4 is 30.0 Å². The zero-order valence-electron chi connectivity index (χ0n) is 21.0. The van der Waals surface area contributed by atoms with Gasteiger partial charge in [-0.2, -0.15) is 0 Å². The van der Waals surface area contributed by atoms with E-state index in [0.29, 0.717) is 29.4 Å². The van der Waals surface area contributed by atoms with Crippen LogP contribution >= 0.6 is 0 Å². The Morgan fingerprint density at radius 2 is 1.86 bits per heavy atom. The van der Waals surface area contributed by atoms with Gasteiger partial charge in [0.05, 0.1) is 18.2 Å². The van der Waals surface area contributed by atoms with Crippen molar-refractivity contribution in [1.29, 1.82) is 0 Å². The predicted octanol–water partition coefficient (Wildman–Crippen LogP) is 2.70. The quantitative estimate of drug-likeness (QED) is 0.543. The number of aromatic nitrogens is 1. The molecule has 3 aromatic rings. The highest BCUT2D eigenvalue weighted by Crippen LogP contribution is 2.36. The van der Waals surface area contributed by atoms with Gasteiger partial charge in [-0.05, 0) is 37.1 Å². The van der Waals surface area contributed by atoms with Crippen LogP contribution in [0, 0.1) is 0 Å². The molecule has 0 radical (unpaired) electrons. The third-order valence-electron chi connectivity index (χ3n) is 7.30. The number of carbonyl (C=O) groups excluding carboxylic acids is 1. The summed E-state index contributed by atoms with van der Waals surface area (Å²) in [6.07, 6.45) is 2.06. The number of benzene rings is 2. The Morgan fingerprint density at radius 1 is 1.08 bits per heavy atom. The number of nitrogens with zero attached hydrogens (tertiary/aromatic N) is 3. The van der Waals surface area contributed by atoms with Gasteiger partial charge in [-0.15, -0.1) is 0 Å². The number of hydrogen-bond acceptors (Lipinski definition) is 7. The van der Waals surface area contributed by atoms with Crippen molar-refractivity contribution in [3.05, 3.63) is 58.4 Å². The van der Waals surface area contributed by atoms with Gasteiger partial charge < -0.3 is 33.9 Å². The van der Waals surface area contributed by atoms with E-state index in [9.17, 15) is 9.59 Å². The van der Waals surface area contributed by atoms with Gasteiger partial charge in [-0.25, -0.2) is 0 Å². The van der Waals surface area contributed by atoms with E-state index in [1.165, 1.54) is 6.07 Å². The number of methoxy groups -OCH3 is 1. The highest BCUT2D eigenvalue weighted by molar-refractivity contribution is 6.06. The van der Waals surface area contributed by atoms with Crippen LogP contribution in [0.3, 0.4) is 0 Å². The molecule has 1 amide bonds. The molecule has 36 heavy (non-hydrogen) atoms. The molecule has 0 saturated carbocycles. The maximum Gasteiger partial charge on any atom is 0.251 e. The average molecular weight is 493 g/mol. The van der Waals surface area contributed by atoms with Gasteiger partial charge in [-0.3, -0.25) is 9.59 Å². The molecule has 5 rings (SSSR count). The van der Waals surface area contributed by atoms with Gasteiger partial charge in [0, 0.05) is 75.6 Å². The largest absolute Gasteiger partial charge is 0.497 e. The van der Waals surface area contributed by atoms with E-state index in [2.05, 4.69) is 28.2 Å². The molecule has 0 unspecified atom stereocenters. The van der Waals surface area contributed by atoms with Crippen molar-refractivity contribution in [2.75, 3.05) is 52.5 Å². The Labute approximate surface area is 210 Å². The first-order chi connectivity index (χ1) is 17.5. The normalized spacial score (nSPS) is 15.8. The fraction of sp³-hybridized carbons (Fsp3) is 0.407. The van der Waals surface area contributed by atoms with Crippen LogP contribution in [0.1, 0.15) is 23.2 Å². The Bertz CT molecular complexity index is 1330. The number of anilines is 1. The number of likely N-dealkylation sites (tertiary alicyclic amines) is 1. The number of amides is 1. The minimum Gasteiger partial charge on any atom is -0.497 e. The lowest BCUT2D eigenvalue weighted by Gasteiger charge is -2.38. The van der Waals surface area contributed by atoms with E-state index in [4.69, 9.17) is 14.2 Å². The third kappa shape index (κ3) is 4.58. The van der Waals surface area contributed by atoms with Crippen LogP contribution in [0.15, 0.2) is 47.3 Å². The molecule has 0 spiro atoms. The lowest BCUT2D eigenvalue weighted by Crippen LogP contribution is -2.44. The van der Waals surface area contributed by atoms with Gasteiger partial charge in [0.25, 0.3) is 11.5 Å². The number of piperidine rings is 1. The van der Waals surface area contributed by atoms with Crippen molar-refractivity contribution in [3.63, 3.8) is 0 Å². The molecule has 1 saturated heterocycles.